The lowest BCUT2D eigenvalue weighted by Crippen LogP contribution is -2.48. The Kier molecular flexibility index (Phi) is 6.12. The second-order valence-electron chi connectivity index (χ2n) is 5.13. The number of nitrogens with one attached hydrogen (secondary N) is 2. The summed E-state index contributed by atoms with van der Waals surface area (Å²) in [5.74, 6) is 4.49. The Morgan fingerprint density at radius 3 is 2.00 bits per heavy atom. The van der Waals surface area contributed by atoms with Gasteiger partial charge in [-0.05, 0) is 48.5 Å². The van der Waals surface area contributed by atoms with Crippen molar-refractivity contribution in [1.82, 2.24) is 10.8 Å². The minimum Gasteiger partial charge on any atom is -0.399 e. The normalized spacial score (nSPS) is 11.0. The molecule has 128 valence electrons. The number of carbonyl (C=O) groups excluding carboxylic acids is 2. The lowest BCUT2D eigenvalue weighted by Gasteiger charge is -2.13. The summed E-state index contributed by atoms with van der Waals surface area (Å²) in [5.41, 5.74) is 9.47. The molecule has 25 heavy (non-hydrogen) atoms. The van der Waals surface area contributed by atoms with Gasteiger partial charge in [-0.3, -0.25) is 14.8 Å². The van der Waals surface area contributed by atoms with Gasteiger partial charge in [-0.15, -0.1) is 0 Å². The van der Waals surface area contributed by atoms with Crippen molar-refractivity contribution in [2.75, 3.05) is 12.3 Å². The molecule has 0 bridgehead atoms. The molecule has 2 amide bonds. The van der Waals surface area contributed by atoms with E-state index in [4.69, 9.17) is 16.0 Å². The lowest BCUT2D eigenvalue weighted by atomic mass is 10.1. The summed E-state index contributed by atoms with van der Waals surface area (Å²) in [5, 5.41) is 19.9. The number of benzene rings is 2. The molecular formula is C18H17N3O4. The minimum atomic E-state index is -1.23. The van der Waals surface area contributed by atoms with E-state index in [1.165, 1.54) is 5.48 Å². The Labute approximate surface area is 144 Å². The molecule has 0 aromatic heterocycles. The third-order valence-corrected chi connectivity index (χ3v) is 3.32. The molecule has 7 nitrogen and oxygen atoms in total. The second kappa shape index (κ2) is 8.49. The van der Waals surface area contributed by atoms with E-state index in [1.807, 2.05) is 12.1 Å². The molecule has 1 unspecified atom stereocenters. The summed E-state index contributed by atoms with van der Waals surface area (Å²) in [6.07, 6.45) is 0. The highest BCUT2D eigenvalue weighted by molar-refractivity contribution is 5.97. The number of hydrogen-bond acceptors (Lipinski definition) is 5. The SMILES string of the molecule is Nc1ccc(C#Cc2ccc(C(=O)NC(CO)C(=O)NO)cc2)cc1. The zero-order valence-electron chi connectivity index (χ0n) is 13.2. The highest BCUT2D eigenvalue weighted by atomic mass is 16.5. The third-order valence-electron chi connectivity index (χ3n) is 3.32. The smallest absolute Gasteiger partial charge is 0.268 e. The number of anilines is 1. The Morgan fingerprint density at radius 1 is 1.00 bits per heavy atom. The van der Waals surface area contributed by atoms with Gasteiger partial charge < -0.3 is 16.2 Å². The first-order chi connectivity index (χ1) is 12.0. The number of nitrogens with two attached hydrogens (primary N) is 1. The number of aliphatic hydroxyl groups excluding tert-OH is 1. The molecule has 0 heterocycles. The van der Waals surface area contributed by atoms with E-state index >= 15 is 0 Å². The summed E-state index contributed by atoms with van der Waals surface area (Å²) in [4.78, 5) is 23.3. The topological polar surface area (TPSA) is 125 Å². The van der Waals surface area contributed by atoms with Crippen LogP contribution in [0.3, 0.4) is 0 Å². The molecule has 2 rings (SSSR count). The highest BCUT2D eigenvalue weighted by Crippen LogP contribution is 2.06. The van der Waals surface area contributed by atoms with E-state index in [0.29, 0.717) is 16.8 Å². The molecule has 2 aromatic rings. The zero-order valence-corrected chi connectivity index (χ0v) is 13.2. The maximum atomic E-state index is 12.0. The van der Waals surface area contributed by atoms with Crippen LogP contribution in [0, 0.1) is 11.8 Å². The number of nitrogen functional groups attached to an aromatic ring is 1. The molecule has 6 N–H and O–H groups in total. The van der Waals surface area contributed by atoms with Crippen LogP contribution >= 0.6 is 0 Å². The fourth-order valence-electron chi connectivity index (χ4n) is 1.93. The standard InChI is InChI=1S/C18H17N3O4/c19-15-9-5-13(6-10-15)2-1-12-3-7-14(8-4-12)17(23)20-16(11-22)18(24)21-25/h3-10,16,22,25H,11,19H2,(H,20,23)(H,21,24). The maximum absolute atomic E-state index is 12.0. The van der Waals surface area contributed by atoms with E-state index in [1.54, 1.807) is 36.4 Å². The van der Waals surface area contributed by atoms with Gasteiger partial charge in [-0.2, -0.15) is 0 Å². The Bertz CT molecular complexity index is 805. The maximum Gasteiger partial charge on any atom is 0.268 e. The molecule has 1 atom stereocenters. The van der Waals surface area contributed by atoms with Crippen molar-refractivity contribution in [1.29, 1.82) is 0 Å². The summed E-state index contributed by atoms with van der Waals surface area (Å²) in [6.45, 7) is -0.636. The summed E-state index contributed by atoms with van der Waals surface area (Å²) in [7, 11) is 0. The Morgan fingerprint density at radius 2 is 1.52 bits per heavy atom. The van der Waals surface area contributed by atoms with Gasteiger partial charge in [0.25, 0.3) is 11.8 Å². The van der Waals surface area contributed by atoms with E-state index in [9.17, 15) is 9.59 Å². The van der Waals surface area contributed by atoms with Crippen molar-refractivity contribution in [2.45, 2.75) is 6.04 Å². The van der Waals surface area contributed by atoms with Crippen molar-refractivity contribution >= 4 is 17.5 Å². The quantitative estimate of drug-likeness (QED) is 0.237. The van der Waals surface area contributed by atoms with Crippen molar-refractivity contribution in [3.8, 4) is 11.8 Å². The minimum absolute atomic E-state index is 0.294. The lowest BCUT2D eigenvalue weighted by molar-refractivity contribution is -0.132. The predicted octanol–water partition coefficient (Wildman–Crippen LogP) is 0.265. The van der Waals surface area contributed by atoms with Gasteiger partial charge in [-0.1, -0.05) is 11.8 Å². The van der Waals surface area contributed by atoms with E-state index in [0.717, 1.165) is 5.56 Å². The number of hydroxylamine groups is 1. The van der Waals surface area contributed by atoms with Crippen LogP contribution in [0.25, 0.3) is 0 Å². The van der Waals surface area contributed by atoms with Crippen LogP contribution in [0.4, 0.5) is 5.69 Å². The second-order valence-corrected chi connectivity index (χ2v) is 5.13. The molecule has 0 aliphatic carbocycles. The molecule has 0 fully saturated rings. The summed E-state index contributed by atoms with van der Waals surface area (Å²) < 4.78 is 0. The largest absolute Gasteiger partial charge is 0.399 e. The summed E-state index contributed by atoms with van der Waals surface area (Å²) in [6, 6.07) is 12.3. The third kappa shape index (κ3) is 5.07. The molecule has 2 aromatic carbocycles. The van der Waals surface area contributed by atoms with E-state index < -0.39 is 24.5 Å². The van der Waals surface area contributed by atoms with Crippen LogP contribution in [0.15, 0.2) is 48.5 Å². The molecule has 0 spiro atoms. The molecular weight excluding hydrogens is 322 g/mol. The highest BCUT2D eigenvalue weighted by Gasteiger charge is 2.19. The summed E-state index contributed by atoms with van der Waals surface area (Å²) >= 11 is 0. The zero-order chi connectivity index (χ0) is 18.2. The average molecular weight is 339 g/mol. The number of amides is 2. The number of carbonyl (C=O) groups is 2. The van der Waals surface area contributed by atoms with Crippen LogP contribution in [-0.2, 0) is 4.79 Å². The first-order valence-electron chi connectivity index (χ1n) is 7.37. The molecule has 0 aliphatic rings. The van der Waals surface area contributed by atoms with Crippen LogP contribution in [0.1, 0.15) is 21.5 Å². The number of rotatable bonds is 4. The van der Waals surface area contributed by atoms with E-state index in [2.05, 4.69) is 17.2 Å². The first kappa shape index (κ1) is 18.0. The van der Waals surface area contributed by atoms with Gasteiger partial charge in [0.15, 0.2) is 0 Å². The average Bonchev–Trinajstić information content (AvgIpc) is 2.65. The van der Waals surface area contributed by atoms with Gasteiger partial charge in [0.1, 0.15) is 6.04 Å². The van der Waals surface area contributed by atoms with Crippen molar-refractivity contribution < 1.29 is 19.9 Å². The van der Waals surface area contributed by atoms with E-state index in [-0.39, 0.29) is 0 Å². The van der Waals surface area contributed by atoms with Gasteiger partial charge in [0.2, 0.25) is 0 Å². The van der Waals surface area contributed by atoms with Gasteiger partial charge in [0.05, 0.1) is 6.61 Å². The number of hydrogen-bond donors (Lipinski definition) is 5. The predicted molar refractivity (Wildman–Crippen MR) is 91.5 cm³/mol. The fraction of sp³-hybridized carbons (Fsp3) is 0.111. The Hall–Kier alpha value is -3.34. The number of aliphatic hydroxyl groups is 1. The fourth-order valence-corrected chi connectivity index (χ4v) is 1.93. The van der Waals surface area contributed by atoms with Crippen LogP contribution in [0.5, 0.6) is 0 Å². The van der Waals surface area contributed by atoms with Crippen molar-refractivity contribution in [3.63, 3.8) is 0 Å². The molecule has 7 heteroatoms. The first-order valence-corrected chi connectivity index (χ1v) is 7.37. The van der Waals surface area contributed by atoms with Crippen molar-refractivity contribution in [2.24, 2.45) is 0 Å². The molecule has 0 saturated heterocycles. The van der Waals surface area contributed by atoms with Crippen molar-refractivity contribution in [3.05, 3.63) is 65.2 Å². The van der Waals surface area contributed by atoms with Gasteiger partial charge in [-0.25, -0.2) is 5.48 Å². The molecule has 0 aliphatic heterocycles. The van der Waals surface area contributed by atoms with Crippen LogP contribution < -0.4 is 16.5 Å². The molecule has 0 radical (unpaired) electrons. The van der Waals surface area contributed by atoms with Gasteiger partial charge in [0, 0.05) is 22.4 Å². The Balaban J connectivity index is 2.05. The van der Waals surface area contributed by atoms with Crippen LogP contribution in [-0.4, -0.2) is 34.8 Å². The van der Waals surface area contributed by atoms with Crippen LogP contribution in [0.2, 0.25) is 0 Å². The molecule has 0 saturated carbocycles. The monoisotopic (exact) mass is 339 g/mol. The van der Waals surface area contributed by atoms with Gasteiger partial charge >= 0.3 is 0 Å².